The van der Waals surface area contributed by atoms with Gasteiger partial charge in [-0.2, -0.15) is 0 Å². The molecule has 0 atom stereocenters. The number of hydrogen-bond donors (Lipinski definition) is 0. The largest absolute Gasteiger partial charge is 0.348 e. The van der Waals surface area contributed by atoms with Crippen LogP contribution in [-0.2, 0) is 6.42 Å². The van der Waals surface area contributed by atoms with Crippen molar-refractivity contribution in [1.82, 2.24) is 4.98 Å². The van der Waals surface area contributed by atoms with Crippen LogP contribution in [0.5, 0.6) is 0 Å². The van der Waals surface area contributed by atoms with E-state index < -0.39 is 0 Å². The lowest BCUT2D eigenvalue weighted by atomic mass is 9.90. The number of nitrogens with zero attached hydrogens (tertiary/aromatic N) is 2. The van der Waals surface area contributed by atoms with Crippen molar-refractivity contribution >= 4 is 27.4 Å². The number of hydrogen-bond acceptors (Lipinski definition) is 4. The number of anilines is 1. The lowest BCUT2D eigenvalue weighted by molar-refractivity contribution is 0.403. The van der Waals surface area contributed by atoms with Crippen LogP contribution in [0, 0.1) is 5.92 Å². The third-order valence-corrected chi connectivity index (χ3v) is 5.71. The van der Waals surface area contributed by atoms with Gasteiger partial charge in [-0.25, -0.2) is 4.98 Å². The van der Waals surface area contributed by atoms with Gasteiger partial charge in [0.05, 0.1) is 10.9 Å². The minimum absolute atomic E-state index is 0.113. The summed E-state index contributed by atoms with van der Waals surface area (Å²) in [5.41, 5.74) is 2.23. The predicted molar refractivity (Wildman–Crippen MR) is 101 cm³/mol. The van der Waals surface area contributed by atoms with Crippen molar-refractivity contribution in [3.05, 3.63) is 69.7 Å². The first kappa shape index (κ1) is 15.3. The first-order valence-corrected chi connectivity index (χ1v) is 9.30. The van der Waals surface area contributed by atoms with E-state index in [0.29, 0.717) is 0 Å². The van der Waals surface area contributed by atoms with Gasteiger partial charge in [-0.05, 0) is 42.9 Å². The van der Waals surface area contributed by atoms with Gasteiger partial charge in [0.1, 0.15) is 0 Å². The Morgan fingerprint density at radius 1 is 1.00 bits per heavy atom. The molecule has 0 bridgehead atoms. The Balaban J connectivity index is 1.47. The van der Waals surface area contributed by atoms with Crippen LogP contribution < -0.4 is 9.64 Å². The molecule has 3 nitrogen and oxygen atoms in total. The van der Waals surface area contributed by atoms with Gasteiger partial charge in [0.15, 0.2) is 5.13 Å². The van der Waals surface area contributed by atoms with Crippen molar-refractivity contribution in [2.75, 3.05) is 18.0 Å². The van der Waals surface area contributed by atoms with Crippen molar-refractivity contribution < 1.29 is 0 Å². The molecule has 122 valence electrons. The van der Waals surface area contributed by atoms with Crippen molar-refractivity contribution in [1.29, 1.82) is 0 Å². The van der Waals surface area contributed by atoms with Gasteiger partial charge in [-0.15, -0.1) is 0 Å². The summed E-state index contributed by atoms with van der Waals surface area (Å²) in [6.07, 6.45) is 3.46. The first-order chi connectivity index (χ1) is 11.8. The lowest BCUT2D eigenvalue weighted by Crippen LogP contribution is -2.34. The van der Waals surface area contributed by atoms with Crippen molar-refractivity contribution in [3.63, 3.8) is 0 Å². The average Bonchev–Trinajstić information content (AvgIpc) is 2.63. The Morgan fingerprint density at radius 3 is 2.50 bits per heavy atom. The van der Waals surface area contributed by atoms with E-state index >= 15 is 0 Å². The van der Waals surface area contributed by atoms with Crippen LogP contribution in [0.1, 0.15) is 18.4 Å². The van der Waals surface area contributed by atoms with Gasteiger partial charge in [-0.1, -0.05) is 53.8 Å². The lowest BCUT2D eigenvalue weighted by Gasteiger charge is -2.32. The van der Waals surface area contributed by atoms with E-state index in [1.54, 1.807) is 0 Å². The van der Waals surface area contributed by atoms with Crippen molar-refractivity contribution in [2.45, 2.75) is 19.3 Å². The molecule has 0 unspecified atom stereocenters. The van der Waals surface area contributed by atoms with Gasteiger partial charge in [0.2, 0.25) is 4.74 Å². The van der Waals surface area contributed by atoms with Crippen LogP contribution >= 0.6 is 11.3 Å². The molecule has 1 aliphatic rings. The third kappa shape index (κ3) is 3.20. The zero-order valence-electron chi connectivity index (χ0n) is 13.5. The zero-order valence-corrected chi connectivity index (χ0v) is 14.3. The fourth-order valence-corrected chi connectivity index (χ4v) is 4.32. The molecule has 24 heavy (non-hydrogen) atoms. The molecule has 0 amide bonds. The summed E-state index contributed by atoms with van der Waals surface area (Å²) >= 11 is 1.28. The summed E-state index contributed by atoms with van der Waals surface area (Å²) < 4.78 is 0.113. The fourth-order valence-electron chi connectivity index (χ4n) is 3.42. The molecule has 1 fully saturated rings. The van der Waals surface area contributed by atoms with Crippen LogP contribution in [0.4, 0.5) is 5.13 Å². The summed E-state index contributed by atoms with van der Waals surface area (Å²) in [7, 11) is 0. The van der Waals surface area contributed by atoms with E-state index in [-0.39, 0.29) is 4.74 Å². The number of fused-ring (bicyclic) bond motifs is 1. The quantitative estimate of drug-likeness (QED) is 0.721. The highest BCUT2D eigenvalue weighted by atomic mass is 32.1. The maximum absolute atomic E-state index is 12.3. The summed E-state index contributed by atoms with van der Waals surface area (Å²) in [5.74, 6) is 0.723. The minimum Gasteiger partial charge on any atom is -0.348 e. The molecule has 0 spiro atoms. The molecule has 4 heteroatoms. The van der Waals surface area contributed by atoms with Gasteiger partial charge < -0.3 is 4.90 Å². The maximum Gasteiger partial charge on any atom is 0.245 e. The molecular formula is C20H20N2OS. The van der Waals surface area contributed by atoms with Gasteiger partial charge in [0, 0.05) is 13.1 Å². The van der Waals surface area contributed by atoms with E-state index in [1.807, 2.05) is 24.3 Å². The smallest absolute Gasteiger partial charge is 0.245 e. The molecule has 1 aliphatic heterocycles. The zero-order chi connectivity index (χ0) is 16.4. The monoisotopic (exact) mass is 336 g/mol. The highest BCUT2D eigenvalue weighted by Crippen LogP contribution is 2.27. The van der Waals surface area contributed by atoms with Crippen LogP contribution in [0.25, 0.3) is 10.9 Å². The second-order valence-electron chi connectivity index (χ2n) is 6.42. The summed E-state index contributed by atoms with van der Waals surface area (Å²) in [6, 6.07) is 18.3. The molecule has 2 aromatic carbocycles. The van der Waals surface area contributed by atoms with Crippen LogP contribution in [0.15, 0.2) is 59.4 Å². The summed E-state index contributed by atoms with van der Waals surface area (Å²) in [6.45, 7) is 1.97. The predicted octanol–water partition coefficient (Wildman–Crippen LogP) is 4.12. The molecule has 0 N–H and O–H groups in total. The molecule has 2 heterocycles. The Hall–Kier alpha value is -2.20. The highest BCUT2D eigenvalue weighted by molar-refractivity contribution is 7.13. The molecular weight excluding hydrogens is 316 g/mol. The van der Waals surface area contributed by atoms with Crippen LogP contribution in [0.2, 0.25) is 0 Å². The third-order valence-electron chi connectivity index (χ3n) is 4.78. The highest BCUT2D eigenvalue weighted by Gasteiger charge is 2.21. The van der Waals surface area contributed by atoms with Crippen LogP contribution in [0.3, 0.4) is 0 Å². The molecule has 0 radical (unpaired) electrons. The van der Waals surface area contributed by atoms with E-state index in [4.69, 9.17) is 4.98 Å². The molecule has 0 saturated carbocycles. The Kier molecular flexibility index (Phi) is 4.30. The number of benzene rings is 2. The molecule has 0 aliphatic carbocycles. The number of rotatable bonds is 3. The van der Waals surface area contributed by atoms with Gasteiger partial charge in [0.25, 0.3) is 0 Å². The van der Waals surface area contributed by atoms with E-state index in [9.17, 15) is 4.79 Å². The number of piperidine rings is 1. The molecule has 1 saturated heterocycles. The van der Waals surface area contributed by atoms with E-state index in [1.165, 1.54) is 16.9 Å². The fraction of sp³-hybridized carbons (Fsp3) is 0.300. The second kappa shape index (κ2) is 6.73. The van der Waals surface area contributed by atoms with E-state index in [0.717, 1.165) is 54.3 Å². The van der Waals surface area contributed by atoms with Crippen molar-refractivity contribution in [3.8, 4) is 0 Å². The summed E-state index contributed by atoms with van der Waals surface area (Å²) in [4.78, 5) is 19.3. The van der Waals surface area contributed by atoms with E-state index in [2.05, 4.69) is 35.2 Å². The molecule has 4 rings (SSSR count). The molecule has 1 aromatic heterocycles. The standard InChI is InChI=1S/C20H20N2OS/c23-19-17-8-4-5-9-18(17)21-20(24-19)22-12-10-16(11-13-22)14-15-6-2-1-3-7-15/h1-9,16H,10-14H2. The topological polar surface area (TPSA) is 33.2 Å². The SMILES string of the molecule is O=c1sc(N2CCC(Cc3ccccc3)CC2)nc2ccccc12. The van der Waals surface area contributed by atoms with Gasteiger partial charge in [-0.3, -0.25) is 4.79 Å². The Morgan fingerprint density at radius 2 is 1.71 bits per heavy atom. The summed E-state index contributed by atoms with van der Waals surface area (Å²) in [5, 5.41) is 1.60. The number of aromatic nitrogens is 1. The minimum atomic E-state index is 0.113. The van der Waals surface area contributed by atoms with Gasteiger partial charge >= 0.3 is 0 Å². The maximum atomic E-state index is 12.3. The second-order valence-corrected chi connectivity index (χ2v) is 7.36. The van der Waals surface area contributed by atoms with Crippen molar-refractivity contribution in [2.24, 2.45) is 5.92 Å². The van der Waals surface area contributed by atoms with Crippen LogP contribution in [-0.4, -0.2) is 18.1 Å². The Labute approximate surface area is 145 Å². The first-order valence-electron chi connectivity index (χ1n) is 8.48. The normalized spacial score (nSPS) is 15.8. The average molecular weight is 336 g/mol. The Bertz CT molecular complexity index is 883. The molecule has 3 aromatic rings. The number of para-hydroxylation sites is 1.